The summed E-state index contributed by atoms with van der Waals surface area (Å²) in [6.07, 6.45) is 1.06. The van der Waals surface area contributed by atoms with Crippen molar-refractivity contribution in [2.75, 3.05) is 39.3 Å². The number of hydrogen-bond acceptors (Lipinski definition) is 4. The Kier molecular flexibility index (Phi) is 4.19. The number of rotatable bonds is 3. The molecule has 0 saturated carbocycles. The molecule has 2 aliphatic heterocycles. The van der Waals surface area contributed by atoms with E-state index in [0.717, 1.165) is 39.3 Å². The lowest BCUT2D eigenvalue weighted by atomic mass is 10.1. The van der Waals surface area contributed by atoms with Crippen LogP contribution in [0.1, 0.15) is 20.3 Å². The molecule has 2 saturated heterocycles. The second-order valence-corrected chi connectivity index (χ2v) is 5.12. The third-order valence-corrected chi connectivity index (χ3v) is 4.18. The van der Waals surface area contributed by atoms with E-state index in [9.17, 15) is 5.11 Å². The van der Waals surface area contributed by atoms with Crippen molar-refractivity contribution in [1.29, 1.82) is 0 Å². The summed E-state index contributed by atoms with van der Waals surface area (Å²) in [5.74, 6) is 0. The van der Waals surface area contributed by atoms with Gasteiger partial charge >= 0.3 is 0 Å². The smallest absolute Gasteiger partial charge is 0.0831 e. The molecule has 0 bridgehead atoms. The summed E-state index contributed by atoms with van der Waals surface area (Å²) in [6, 6.07) is 1.05. The van der Waals surface area contributed by atoms with Gasteiger partial charge in [0.05, 0.1) is 6.10 Å². The third-order valence-electron chi connectivity index (χ3n) is 4.18. The molecule has 0 radical (unpaired) electrons. The fraction of sp³-hybridized carbons (Fsp3) is 1.00. The lowest BCUT2D eigenvalue weighted by molar-refractivity contribution is 0.0331. The van der Waals surface area contributed by atoms with Crippen LogP contribution in [0.15, 0.2) is 0 Å². The van der Waals surface area contributed by atoms with Crippen molar-refractivity contribution in [2.24, 2.45) is 0 Å². The Morgan fingerprint density at radius 3 is 2.44 bits per heavy atom. The molecule has 0 aliphatic carbocycles. The van der Waals surface area contributed by atoms with Crippen LogP contribution in [0.5, 0.6) is 0 Å². The van der Waals surface area contributed by atoms with Crippen molar-refractivity contribution < 1.29 is 5.11 Å². The Bertz CT molecular complexity index is 216. The third kappa shape index (κ3) is 2.56. The fourth-order valence-corrected chi connectivity index (χ4v) is 2.79. The summed E-state index contributed by atoms with van der Waals surface area (Å²) in [5.41, 5.74) is 0. The number of nitrogens with one attached hydrogen (secondary N) is 1. The Morgan fingerprint density at radius 2 is 1.94 bits per heavy atom. The molecule has 94 valence electrons. The second kappa shape index (κ2) is 5.45. The van der Waals surface area contributed by atoms with Gasteiger partial charge in [-0.25, -0.2) is 0 Å². The summed E-state index contributed by atoms with van der Waals surface area (Å²) in [5, 5.41) is 13.1. The highest BCUT2D eigenvalue weighted by atomic mass is 16.3. The van der Waals surface area contributed by atoms with E-state index < -0.39 is 0 Å². The minimum absolute atomic E-state index is 0.171. The quantitative estimate of drug-likeness (QED) is 0.696. The maximum atomic E-state index is 9.84. The molecule has 2 aliphatic rings. The molecule has 3 unspecified atom stereocenters. The number of hydrogen-bond donors (Lipinski definition) is 2. The van der Waals surface area contributed by atoms with E-state index in [1.165, 1.54) is 6.42 Å². The first-order valence-electron chi connectivity index (χ1n) is 6.59. The van der Waals surface area contributed by atoms with Gasteiger partial charge in [0.25, 0.3) is 0 Å². The minimum atomic E-state index is -0.171. The molecule has 2 heterocycles. The molecule has 0 amide bonds. The summed E-state index contributed by atoms with van der Waals surface area (Å²) >= 11 is 0. The van der Waals surface area contributed by atoms with Crippen LogP contribution in [0.4, 0.5) is 0 Å². The Labute approximate surface area is 98.6 Å². The number of aliphatic hydroxyl groups excluding tert-OH is 1. The minimum Gasteiger partial charge on any atom is -0.390 e. The van der Waals surface area contributed by atoms with Crippen molar-refractivity contribution in [1.82, 2.24) is 15.1 Å². The maximum absolute atomic E-state index is 9.84. The van der Waals surface area contributed by atoms with Crippen LogP contribution in [0.3, 0.4) is 0 Å². The summed E-state index contributed by atoms with van der Waals surface area (Å²) in [7, 11) is 0. The van der Waals surface area contributed by atoms with Crippen LogP contribution in [-0.2, 0) is 0 Å². The van der Waals surface area contributed by atoms with Crippen LogP contribution in [0.25, 0.3) is 0 Å². The lowest BCUT2D eigenvalue weighted by Gasteiger charge is -2.41. The van der Waals surface area contributed by atoms with Gasteiger partial charge in [0.1, 0.15) is 0 Å². The van der Waals surface area contributed by atoms with Gasteiger partial charge < -0.3 is 10.4 Å². The van der Waals surface area contributed by atoms with Crippen molar-refractivity contribution in [3.05, 3.63) is 0 Å². The van der Waals surface area contributed by atoms with Crippen molar-refractivity contribution in [3.63, 3.8) is 0 Å². The Morgan fingerprint density at radius 1 is 1.25 bits per heavy atom. The topological polar surface area (TPSA) is 38.7 Å². The molecule has 2 N–H and O–H groups in total. The van der Waals surface area contributed by atoms with Gasteiger partial charge in [0.2, 0.25) is 0 Å². The highest BCUT2D eigenvalue weighted by Gasteiger charge is 2.32. The molecular weight excluding hydrogens is 202 g/mol. The molecule has 4 nitrogen and oxygen atoms in total. The molecule has 2 rings (SSSR count). The van der Waals surface area contributed by atoms with Crippen molar-refractivity contribution >= 4 is 0 Å². The molecule has 3 atom stereocenters. The van der Waals surface area contributed by atoms with Gasteiger partial charge in [-0.1, -0.05) is 6.92 Å². The summed E-state index contributed by atoms with van der Waals surface area (Å²) in [4.78, 5) is 5.01. The van der Waals surface area contributed by atoms with E-state index in [-0.39, 0.29) is 6.10 Å². The first-order valence-corrected chi connectivity index (χ1v) is 6.59. The normalized spacial score (nSPS) is 35.4. The zero-order chi connectivity index (χ0) is 11.5. The predicted octanol–water partition coefficient (Wildman–Crippen LogP) is -0.265. The average molecular weight is 227 g/mol. The van der Waals surface area contributed by atoms with E-state index in [2.05, 4.69) is 29.0 Å². The van der Waals surface area contributed by atoms with E-state index >= 15 is 0 Å². The second-order valence-electron chi connectivity index (χ2n) is 5.12. The standard InChI is InChI=1S/C12H25N3O/c1-3-10(2)14-4-6-15(7-5-14)11-8-13-9-12(11)16/h10-13,16H,3-9H2,1-2H3. The Balaban J connectivity index is 1.80. The van der Waals surface area contributed by atoms with Crippen LogP contribution in [0, 0.1) is 0 Å². The first-order chi connectivity index (χ1) is 7.72. The molecule has 0 aromatic heterocycles. The molecule has 4 heteroatoms. The first kappa shape index (κ1) is 12.3. The zero-order valence-corrected chi connectivity index (χ0v) is 10.5. The van der Waals surface area contributed by atoms with Crippen LogP contribution in [0.2, 0.25) is 0 Å². The van der Waals surface area contributed by atoms with Gasteiger partial charge in [-0.15, -0.1) is 0 Å². The molecule has 0 aromatic carbocycles. The summed E-state index contributed by atoms with van der Waals surface area (Å²) in [6.45, 7) is 10.8. The van der Waals surface area contributed by atoms with E-state index in [1.54, 1.807) is 0 Å². The molecular formula is C12H25N3O. The molecule has 2 fully saturated rings. The fourth-order valence-electron chi connectivity index (χ4n) is 2.79. The maximum Gasteiger partial charge on any atom is 0.0831 e. The highest BCUT2D eigenvalue weighted by Crippen LogP contribution is 2.14. The number of nitrogens with zero attached hydrogens (tertiary/aromatic N) is 2. The lowest BCUT2D eigenvalue weighted by Crippen LogP contribution is -2.55. The van der Waals surface area contributed by atoms with Gasteiger partial charge in [-0.05, 0) is 13.3 Å². The summed E-state index contributed by atoms with van der Waals surface area (Å²) < 4.78 is 0. The SMILES string of the molecule is CCC(C)N1CCN(C2CNCC2O)CC1. The Hall–Kier alpha value is -0.160. The van der Waals surface area contributed by atoms with Gasteiger partial charge in [-0.2, -0.15) is 0 Å². The largest absolute Gasteiger partial charge is 0.390 e. The number of β-amino-alcohol motifs (C(OH)–C–C–N with tert-alkyl or cyclic N) is 1. The van der Waals surface area contributed by atoms with Gasteiger partial charge in [0.15, 0.2) is 0 Å². The van der Waals surface area contributed by atoms with Gasteiger partial charge in [0, 0.05) is 51.4 Å². The molecule has 0 spiro atoms. The molecule has 16 heavy (non-hydrogen) atoms. The number of aliphatic hydroxyl groups is 1. The van der Waals surface area contributed by atoms with Crippen LogP contribution in [-0.4, -0.2) is 72.4 Å². The zero-order valence-electron chi connectivity index (χ0n) is 10.5. The molecule has 0 aromatic rings. The van der Waals surface area contributed by atoms with E-state index in [0.29, 0.717) is 12.1 Å². The highest BCUT2D eigenvalue weighted by molar-refractivity contribution is 4.91. The van der Waals surface area contributed by atoms with E-state index in [1.807, 2.05) is 0 Å². The number of piperazine rings is 1. The van der Waals surface area contributed by atoms with Crippen LogP contribution >= 0.6 is 0 Å². The van der Waals surface area contributed by atoms with Crippen LogP contribution < -0.4 is 5.32 Å². The predicted molar refractivity (Wildman–Crippen MR) is 65.6 cm³/mol. The van der Waals surface area contributed by atoms with Crippen molar-refractivity contribution in [3.8, 4) is 0 Å². The monoisotopic (exact) mass is 227 g/mol. The van der Waals surface area contributed by atoms with Gasteiger partial charge in [-0.3, -0.25) is 9.80 Å². The van der Waals surface area contributed by atoms with Crippen molar-refractivity contribution in [2.45, 2.75) is 38.5 Å². The average Bonchev–Trinajstić information content (AvgIpc) is 2.75. The van der Waals surface area contributed by atoms with E-state index in [4.69, 9.17) is 0 Å².